The molecule has 1 saturated heterocycles. The maximum absolute atomic E-state index is 12.3. The van der Waals surface area contributed by atoms with Crippen molar-refractivity contribution in [2.45, 2.75) is 33.1 Å². The molecular formula is C13H18N2O3S. The van der Waals surface area contributed by atoms with Crippen LogP contribution in [0.25, 0.3) is 0 Å². The number of rotatable bonds is 4. The van der Waals surface area contributed by atoms with Gasteiger partial charge >= 0.3 is 5.97 Å². The van der Waals surface area contributed by atoms with Crippen molar-refractivity contribution < 1.29 is 14.7 Å². The average Bonchev–Trinajstić information content (AvgIpc) is 2.97. The fourth-order valence-electron chi connectivity index (χ4n) is 2.20. The lowest BCUT2D eigenvalue weighted by molar-refractivity contribution is -0.147. The van der Waals surface area contributed by atoms with E-state index in [2.05, 4.69) is 11.9 Å². The van der Waals surface area contributed by atoms with Gasteiger partial charge < -0.3 is 10.0 Å². The van der Waals surface area contributed by atoms with Crippen LogP contribution in [0.5, 0.6) is 0 Å². The molecule has 0 saturated carbocycles. The van der Waals surface area contributed by atoms with Gasteiger partial charge in [0.25, 0.3) is 5.91 Å². The summed E-state index contributed by atoms with van der Waals surface area (Å²) in [5.74, 6) is -0.927. The van der Waals surface area contributed by atoms with Crippen molar-refractivity contribution in [2.75, 3.05) is 13.1 Å². The second-order valence-corrected chi connectivity index (χ2v) is 6.33. The highest BCUT2D eigenvalue weighted by atomic mass is 32.1. The zero-order valence-electron chi connectivity index (χ0n) is 11.2. The molecule has 6 heteroatoms. The van der Waals surface area contributed by atoms with E-state index in [1.165, 1.54) is 11.3 Å². The summed E-state index contributed by atoms with van der Waals surface area (Å²) in [7, 11) is 0. The molecule has 0 bridgehead atoms. The summed E-state index contributed by atoms with van der Waals surface area (Å²) in [5.41, 5.74) is -0.813. The average molecular weight is 282 g/mol. The second kappa shape index (κ2) is 5.28. The van der Waals surface area contributed by atoms with E-state index >= 15 is 0 Å². The highest BCUT2D eigenvalue weighted by Gasteiger charge is 2.42. The number of carboxylic acids is 1. The van der Waals surface area contributed by atoms with Crippen molar-refractivity contribution in [3.8, 4) is 0 Å². The van der Waals surface area contributed by atoms with Crippen molar-refractivity contribution in [1.29, 1.82) is 0 Å². The van der Waals surface area contributed by atoms with Crippen LogP contribution in [0.3, 0.4) is 0 Å². The lowest BCUT2D eigenvalue weighted by Gasteiger charge is -2.19. The molecule has 1 N–H and O–H groups in total. The molecule has 0 unspecified atom stereocenters. The van der Waals surface area contributed by atoms with Crippen LogP contribution in [0.4, 0.5) is 0 Å². The van der Waals surface area contributed by atoms with Gasteiger partial charge in [0, 0.05) is 13.1 Å². The quantitative estimate of drug-likeness (QED) is 0.917. The number of aliphatic carboxylic acids is 1. The first-order chi connectivity index (χ1) is 8.96. The predicted octanol–water partition coefficient (Wildman–Crippen LogP) is 2.03. The molecule has 1 amide bonds. The minimum Gasteiger partial charge on any atom is -0.481 e. The molecule has 1 fully saturated rings. The number of hydrogen-bond donors (Lipinski definition) is 1. The molecule has 0 aromatic carbocycles. The highest BCUT2D eigenvalue weighted by molar-refractivity contribution is 7.13. The molecule has 1 atom stereocenters. The molecule has 1 aromatic heterocycles. The molecule has 0 spiro atoms. The summed E-state index contributed by atoms with van der Waals surface area (Å²) in [6, 6.07) is 0. The maximum Gasteiger partial charge on any atom is 0.311 e. The summed E-state index contributed by atoms with van der Waals surface area (Å²) in [5, 5.41) is 10.1. The van der Waals surface area contributed by atoms with Gasteiger partial charge in [-0.05, 0) is 26.2 Å². The zero-order valence-corrected chi connectivity index (χ0v) is 12.0. The second-order valence-electron chi connectivity index (χ2n) is 5.21. The lowest BCUT2D eigenvalue weighted by atomic mass is 9.90. The smallest absolute Gasteiger partial charge is 0.311 e. The topological polar surface area (TPSA) is 70.5 Å². The Morgan fingerprint density at radius 2 is 2.32 bits per heavy atom. The standard InChI is InChI=1S/C13H18N2O3S/c1-3-4-10-14-7-9(19-10)11(16)15-6-5-13(2,8-15)12(17)18/h7H,3-6,8H2,1-2H3,(H,17,18)/t13-/m1/s1. The minimum atomic E-state index is -0.834. The number of amides is 1. The molecule has 104 valence electrons. The van der Waals surface area contributed by atoms with Gasteiger partial charge in [0.05, 0.1) is 16.6 Å². The van der Waals surface area contributed by atoms with E-state index in [9.17, 15) is 9.59 Å². The first kappa shape index (κ1) is 14.0. The Bertz CT molecular complexity index is 500. The van der Waals surface area contributed by atoms with Gasteiger partial charge in [-0.3, -0.25) is 9.59 Å². The van der Waals surface area contributed by atoms with Crippen LogP contribution in [0.2, 0.25) is 0 Å². The van der Waals surface area contributed by atoms with E-state index in [1.54, 1.807) is 18.0 Å². The van der Waals surface area contributed by atoms with E-state index in [0.717, 1.165) is 17.8 Å². The van der Waals surface area contributed by atoms with E-state index < -0.39 is 11.4 Å². The van der Waals surface area contributed by atoms with E-state index in [1.807, 2.05) is 0 Å². The molecule has 0 radical (unpaired) electrons. The Kier molecular flexibility index (Phi) is 3.89. The Labute approximate surface area is 116 Å². The number of carbonyl (C=O) groups is 2. The highest BCUT2D eigenvalue weighted by Crippen LogP contribution is 2.31. The molecule has 1 aliphatic rings. The van der Waals surface area contributed by atoms with Crippen molar-refractivity contribution in [3.05, 3.63) is 16.1 Å². The molecular weight excluding hydrogens is 264 g/mol. The van der Waals surface area contributed by atoms with Gasteiger partial charge in [-0.25, -0.2) is 4.98 Å². The Morgan fingerprint density at radius 1 is 1.58 bits per heavy atom. The zero-order chi connectivity index (χ0) is 14.0. The molecule has 1 aromatic rings. The summed E-state index contributed by atoms with van der Waals surface area (Å²) in [4.78, 5) is 29.9. The van der Waals surface area contributed by atoms with Gasteiger partial charge in [0.15, 0.2) is 0 Å². The Morgan fingerprint density at radius 3 is 2.89 bits per heavy atom. The predicted molar refractivity (Wildman–Crippen MR) is 72.4 cm³/mol. The normalized spacial score (nSPS) is 22.7. The number of thiazole rings is 1. The number of aryl methyl sites for hydroxylation is 1. The van der Waals surface area contributed by atoms with Crippen LogP contribution in [-0.4, -0.2) is 40.0 Å². The maximum atomic E-state index is 12.3. The number of carboxylic acid groups (broad SMARTS) is 1. The van der Waals surface area contributed by atoms with Gasteiger partial charge in [0.2, 0.25) is 0 Å². The van der Waals surface area contributed by atoms with Crippen LogP contribution in [0.1, 0.15) is 41.4 Å². The summed E-state index contributed by atoms with van der Waals surface area (Å²) in [6.07, 6.45) is 4.00. The van der Waals surface area contributed by atoms with Crippen molar-refractivity contribution in [2.24, 2.45) is 5.41 Å². The largest absolute Gasteiger partial charge is 0.481 e. The first-order valence-electron chi connectivity index (χ1n) is 6.43. The Hall–Kier alpha value is -1.43. The summed E-state index contributed by atoms with van der Waals surface area (Å²) >= 11 is 1.41. The number of carbonyl (C=O) groups excluding carboxylic acids is 1. The van der Waals surface area contributed by atoms with E-state index in [-0.39, 0.29) is 12.5 Å². The van der Waals surface area contributed by atoms with Crippen molar-refractivity contribution in [3.63, 3.8) is 0 Å². The molecule has 1 aliphatic heterocycles. The number of hydrogen-bond acceptors (Lipinski definition) is 4. The summed E-state index contributed by atoms with van der Waals surface area (Å²) in [6.45, 7) is 4.55. The fourth-order valence-corrected chi connectivity index (χ4v) is 3.19. The molecule has 5 nitrogen and oxygen atoms in total. The lowest BCUT2D eigenvalue weighted by Crippen LogP contribution is -2.34. The van der Waals surface area contributed by atoms with E-state index in [4.69, 9.17) is 5.11 Å². The van der Waals surface area contributed by atoms with Gasteiger partial charge in [-0.2, -0.15) is 0 Å². The third-order valence-corrected chi connectivity index (χ3v) is 4.55. The van der Waals surface area contributed by atoms with Crippen molar-refractivity contribution >= 4 is 23.2 Å². The number of likely N-dealkylation sites (tertiary alicyclic amines) is 1. The van der Waals surface area contributed by atoms with Crippen LogP contribution >= 0.6 is 11.3 Å². The molecule has 2 rings (SSSR count). The van der Waals surface area contributed by atoms with E-state index in [0.29, 0.717) is 17.8 Å². The summed E-state index contributed by atoms with van der Waals surface area (Å²) < 4.78 is 0. The fraction of sp³-hybridized carbons (Fsp3) is 0.615. The van der Waals surface area contributed by atoms with Crippen molar-refractivity contribution in [1.82, 2.24) is 9.88 Å². The van der Waals surface area contributed by atoms with Crippen LogP contribution in [-0.2, 0) is 11.2 Å². The first-order valence-corrected chi connectivity index (χ1v) is 7.25. The SMILES string of the molecule is CCCc1ncc(C(=O)N2CC[C@@](C)(C(=O)O)C2)s1. The molecule has 0 aliphatic carbocycles. The minimum absolute atomic E-state index is 0.0928. The van der Waals surface area contributed by atoms with Gasteiger partial charge in [-0.1, -0.05) is 6.92 Å². The monoisotopic (exact) mass is 282 g/mol. The van der Waals surface area contributed by atoms with Crippen LogP contribution in [0.15, 0.2) is 6.20 Å². The Balaban J connectivity index is 2.06. The molecule has 2 heterocycles. The number of aromatic nitrogens is 1. The van der Waals surface area contributed by atoms with Crippen LogP contribution in [0, 0.1) is 5.41 Å². The number of nitrogens with zero attached hydrogens (tertiary/aromatic N) is 2. The van der Waals surface area contributed by atoms with Crippen LogP contribution < -0.4 is 0 Å². The van der Waals surface area contributed by atoms with Gasteiger partial charge in [-0.15, -0.1) is 11.3 Å². The third-order valence-electron chi connectivity index (χ3n) is 3.51. The third kappa shape index (κ3) is 2.78. The molecule has 19 heavy (non-hydrogen) atoms. The van der Waals surface area contributed by atoms with Gasteiger partial charge in [0.1, 0.15) is 4.88 Å².